The first-order valence-corrected chi connectivity index (χ1v) is 10.6. The molecule has 4 rings (SSSR count). The third kappa shape index (κ3) is 4.63. The minimum absolute atomic E-state index is 0.157. The molecule has 3 amide bonds. The summed E-state index contributed by atoms with van der Waals surface area (Å²) in [4.78, 5) is 40.4. The molecule has 1 aromatic carbocycles. The van der Waals surface area contributed by atoms with Crippen molar-refractivity contribution in [3.63, 3.8) is 0 Å². The monoisotopic (exact) mass is 415 g/mol. The molecule has 3 heterocycles. The van der Waals surface area contributed by atoms with E-state index in [0.29, 0.717) is 38.3 Å². The van der Waals surface area contributed by atoms with E-state index in [4.69, 9.17) is 4.74 Å². The molecule has 0 spiro atoms. The van der Waals surface area contributed by atoms with Crippen LogP contribution in [0.5, 0.6) is 0 Å². The van der Waals surface area contributed by atoms with Crippen molar-refractivity contribution < 1.29 is 19.1 Å². The molecule has 1 unspecified atom stereocenters. The van der Waals surface area contributed by atoms with Crippen LogP contribution in [0.2, 0.25) is 0 Å². The summed E-state index contributed by atoms with van der Waals surface area (Å²) in [5, 5.41) is 9.04. The zero-order chi connectivity index (χ0) is 20.9. The van der Waals surface area contributed by atoms with Crippen LogP contribution in [0.3, 0.4) is 0 Å². The van der Waals surface area contributed by atoms with Gasteiger partial charge in [-0.2, -0.15) is 0 Å². The van der Waals surface area contributed by atoms with Crippen LogP contribution in [-0.4, -0.2) is 86.0 Å². The van der Waals surface area contributed by atoms with Crippen molar-refractivity contribution in [3.8, 4) is 0 Å². The van der Waals surface area contributed by atoms with Gasteiger partial charge in [0, 0.05) is 69.0 Å². The molecule has 3 aliphatic heterocycles. The van der Waals surface area contributed by atoms with Crippen LogP contribution in [0.1, 0.15) is 28.8 Å². The van der Waals surface area contributed by atoms with Gasteiger partial charge in [0.25, 0.3) is 5.91 Å². The van der Waals surface area contributed by atoms with Crippen LogP contribution in [0.15, 0.2) is 18.2 Å². The molecule has 162 valence electrons. The van der Waals surface area contributed by atoms with Crippen molar-refractivity contribution in [1.82, 2.24) is 20.4 Å². The minimum atomic E-state index is -0.594. The molecule has 0 bridgehead atoms. The Morgan fingerprint density at radius 1 is 1.13 bits per heavy atom. The zero-order valence-electron chi connectivity index (χ0n) is 17.1. The van der Waals surface area contributed by atoms with Gasteiger partial charge < -0.3 is 20.3 Å². The lowest BCUT2D eigenvalue weighted by atomic mass is 10.0. The summed E-state index contributed by atoms with van der Waals surface area (Å²) in [7, 11) is 0. The van der Waals surface area contributed by atoms with Crippen molar-refractivity contribution in [2.45, 2.75) is 25.4 Å². The molecule has 9 heteroatoms. The maximum Gasteiger partial charge on any atom is 0.255 e. The highest BCUT2D eigenvalue weighted by Crippen LogP contribution is 2.32. The Balaban J connectivity index is 1.27. The summed E-state index contributed by atoms with van der Waals surface area (Å²) in [5.41, 5.74) is 2.40. The van der Waals surface area contributed by atoms with Gasteiger partial charge in [0.15, 0.2) is 0 Å². The Hall–Kier alpha value is -2.49. The third-order valence-corrected chi connectivity index (χ3v) is 5.91. The highest BCUT2D eigenvalue weighted by atomic mass is 16.5. The van der Waals surface area contributed by atoms with Gasteiger partial charge in [0.2, 0.25) is 11.8 Å². The maximum atomic E-state index is 12.8. The molecule has 3 N–H and O–H groups in total. The Morgan fingerprint density at radius 3 is 2.77 bits per heavy atom. The van der Waals surface area contributed by atoms with Crippen molar-refractivity contribution >= 4 is 23.4 Å². The summed E-state index contributed by atoms with van der Waals surface area (Å²) in [6, 6.07) is 4.99. The molecule has 3 aliphatic rings. The van der Waals surface area contributed by atoms with E-state index in [0.717, 1.165) is 44.0 Å². The number of carbonyl (C=O) groups is 3. The van der Waals surface area contributed by atoms with Crippen molar-refractivity contribution in [3.05, 3.63) is 29.3 Å². The Kier molecular flexibility index (Phi) is 6.61. The summed E-state index contributed by atoms with van der Waals surface area (Å²) < 4.78 is 5.75. The molecule has 0 aromatic heterocycles. The summed E-state index contributed by atoms with van der Waals surface area (Å²) in [6.45, 7) is 7.45. The van der Waals surface area contributed by atoms with Gasteiger partial charge in [-0.15, -0.1) is 0 Å². The SMILES string of the molecule is O=C1CCC(N2Cc3c(NCCOCCN4CCNCC4)cccc3C2=O)C(=O)N1. The predicted molar refractivity (Wildman–Crippen MR) is 111 cm³/mol. The lowest BCUT2D eigenvalue weighted by Gasteiger charge is -2.29. The quantitative estimate of drug-likeness (QED) is 0.399. The van der Waals surface area contributed by atoms with E-state index in [9.17, 15) is 14.4 Å². The Morgan fingerprint density at radius 2 is 1.97 bits per heavy atom. The number of fused-ring (bicyclic) bond motifs is 1. The average Bonchev–Trinajstić information content (AvgIpc) is 3.08. The first-order valence-electron chi connectivity index (χ1n) is 10.6. The van der Waals surface area contributed by atoms with Gasteiger partial charge in [-0.25, -0.2) is 0 Å². The van der Waals surface area contributed by atoms with Gasteiger partial charge in [-0.1, -0.05) is 6.07 Å². The highest BCUT2D eigenvalue weighted by Gasteiger charge is 2.39. The number of ether oxygens (including phenoxy) is 1. The number of benzene rings is 1. The minimum Gasteiger partial charge on any atom is -0.382 e. The Labute approximate surface area is 176 Å². The molecule has 0 saturated carbocycles. The lowest BCUT2D eigenvalue weighted by molar-refractivity contribution is -0.136. The van der Waals surface area contributed by atoms with Gasteiger partial charge in [0.1, 0.15) is 6.04 Å². The number of hydrogen-bond donors (Lipinski definition) is 3. The second-order valence-electron chi connectivity index (χ2n) is 7.86. The fourth-order valence-electron chi connectivity index (χ4n) is 4.24. The number of anilines is 1. The smallest absolute Gasteiger partial charge is 0.255 e. The third-order valence-electron chi connectivity index (χ3n) is 5.91. The number of nitrogens with one attached hydrogen (secondary N) is 3. The lowest BCUT2D eigenvalue weighted by Crippen LogP contribution is -2.52. The second kappa shape index (κ2) is 9.55. The molecule has 9 nitrogen and oxygen atoms in total. The standard InChI is InChI=1S/C21H29N5O4/c27-19-5-4-18(20(28)24-19)26-14-16-15(21(26)29)2-1-3-17(16)23-8-12-30-13-11-25-9-6-22-7-10-25/h1-3,18,22-23H,4-14H2,(H,24,27,28). The summed E-state index contributed by atoms with van der Waals surface area (Å²) >= 11 is 0. The molecule has 0 radical (unpaired) electrons. The largest absolute Gasteiger partial charge is 0.382 e. The number of rotatable bonds is 8. The first-order chi connectivity index (χ1) is 14.6. The molecule has 0 aliphatic carbocycles. The fraction of sp³-hybridized carbons (Fsp3) is 0.571. The van der Waals surface area contributed by atoms with Crippen molar-refractivity contribution in [2.75, 3.05) is 57.8 Å². The summed E-state index contributed by atoms with van der Waals surface area (Å²) in [5.74, 6) is -0.824. The highest BCUT2D eigenvalue weighted by molar-refractivity contribution is 6.06. The fourth-order valence-corrected chi connectivity index (χ4v) is 4.24. The van der Waals surface area contributed by atoms with E-state index in [-0.39, 0.29) is 24.1 Å². The van der Waals surface area contributed by atoms with E-state index >= 15 is 0 Å². The van der Waals surface area contributed by atoms with Gasteiger partial charge in [-0.3, -0.25) is 24.6 Å². The van der Waals surface area contributed by atoms with Gasteiger partial charge in [-0.05, 0) is 18.6 Å². The first kappa shape index (κ1) is 20.8. The number of hydrogen-bond acceptors (Lipinski definition) is 7. The van der Waals surface area contributed by atoms with Crippen LogP contribution in [0.25, 0.3) is 0 Å². The van der Waals surface area contributed by atoms with E-state index in [1.807, 2.05) is 12.1 Å². The number of amides is 3. The van der Waals surface area contributed by atoms with Crippen molar-refractivity contribution in [2.24, 2.45) is 0 Å². The maximum absolute atomic E-state index is 12.8. The van der Waals surface area contributed by atoms with Gasteiger partial charge >= 0.3 is 0 Å². The molecular formula is C21H29N5O4. The number of piperidine rings is 1. The number of nitrogens with zero attached hydrogens (tertiary/aromatic N) is 2. The topological polar surface area (TPSA) is 103 Å². The number of imide groups is 1. The van der Waals surface area contributed by atoms with E-state index in [1.54, 1.807) is 11.0 Å². The second-order valence-corrected chi connectivity index (χ2v) is 7.86. The number of piperazine rings is 1. The number of carbonyl (C=O) groups excluding carboxylic acids is 3. The van der Waals surface area contributed by atoms with Crippen LogP contribution in [-0.2, 0) is 20.9 Å². The van der Waals surface area contributed by atoms with Crippen LogP contribution >= 0.6 is 0 Å². The van der Waals surface area contributed by atoms with E-state index in [1.165, 1.54) is 0 Å². The Bertz CT molecular complexity index is 809. The van der Waals surface area contributed by atoms with Gasteiger partial charge in [0.05, 0.1) is 13.2 Å². The molecule has 30 heavy (non-hydrogen) atoms. The molecular weight excluding hydrogens is 386 g/mol. The zero-order valence-corrected chi connectivity index (χ0v) is 17.1. The van der Waals surface area contributed by atoms with Crippen LogP contribution in [0, 0.1) is 0 Å². The van der Waals surface area contributed by atoms with Crippen LogP contribution in [0.4, 0.5) is 5.69 Å². The van der Waals surface area contributed by atoms with Crippen LogP contribution < -0.4 is 16.0 Å². The van der Waals surface area contributed by atoms with E-state index < -0.39 is 6.04 Å². The summed E-state index contributed by atoms with van der Waals surface area (Å²) in [6.07, 6.45) is 0.626. The molecule has 2 fully saturated rings. The molecule has 1 atom stereocenters. The van der Waals surface area contributed by atoms with Crippen molar-refractivity contribution in [1.29, 1.82) is 0 Å². The van der Waals surface area contributed by atoms with E-state index in [2.05, 4.69) is 20.9 Å². The predicted octanol–water partition coefficient (Wildman–Crippen LogP) is -0.219. The normalized spacial score (nSPS) is 22.2. The molecule has 1 aromatic rings. The molecule has 2 saturated heterocycles. The average molecular weight is 415 g/mol.